The van der Waals surface area contributed by atoms with Gasteiger partial charge < -0.3 is 15.0 Å². The maximum absolute atomic E-state index is 12.1. The first-order valence-corrected chi connectivity index (χ1v) is 9.49. The van der Waals surface area contributed by atoms with Gasteiger partial charge in [0.2, 0.25) is 11.8 Å². The lowest BCUT2D eigenvalue weighted by atomic mass is 10.00. The molecule has 6 nitrogen and oxygen atoms in total. The van der Waals surface area contributed by atoms with Crippen molar-refractivity contribution >= 4 is 40.8 Å². The van der Waals surface area contributed by atoms with Crippen molar-refractivity contribution in [2.75, 3.05) is 25.0 Å². The fourth-order valence-electron chi connectivity index (χ4n) is 3.03. The van der Waals surface area contributed by atoms with Gasteiger partial charge in [-0.1, -0.05) is 23.2 Å². The van der Waals surface area contributed by atoms with Gasteiger partial charge in [-0.2, -0.15) is 0 Å². The Hall–Kier alpha value is -2.41. The Morgan fingerprint density at radius 2 is 2.11 bits per heavy atom. The summed E-state index contributed by atoms with van der Waals surface area (Å²) in [5, 5.41) is 3.22. The number of morpholine rings is 1. The predicted octanol–water partition coefficient (Wildman–Crippen LogP) is 4.01. The van der Waals surface area contributed by atoms with Crippen LogP contribution in [0.5, 0.6) is 0 Å². The molecular weight excluding hydrogens is 401 g/mol. The van der Waals surface area contributed by atoms with E-state index in [0.717, 1.165) is 16.7 Å². The summed E-state index contributed by atoms with van der Waals surface area (Å²) >= 11 is 11.9. The maximum atomic E-state index is 12.1. The minimum atomic E-state index is -0.296. The minimum Gasteiger partial charge on any atom is -0.370 e. The number of halogens is 2. The molecule has 1 aromatic heterocycles. The summed E-state index contributed by atoms with van der Waals surface area (Å²) in [6.45, 7) is 2.77. The summed E-state index contributed by atoms with van der Waals surface area (Å²) in [6, 6.07) is 9.25. The highest BCUT2D eigenvalue weighted by atomic mass is 35.5. The van der Waals surface area contributed by atoms with Crippen LogP contribution in [0.4, 0.5) is 5.82 Å². The molecule has 1 aliphatic heterocycles. The van der Waals surface area contributed by atoms with Gasteiger partial charge >= 0.3 is 0 Å². The number of rotatable bonds is 4. The molecule has 0 aliphatic carbocycles. The van der Waals surface area contributed by atoms with E-state index >= 15 is 0 Å². The lowest BCUT2D eigenvalue weighted by Crippen LogP contribution is -2.41. The molecule has 1 unspecified atom stereocenters. The van der Waals surface area contributed by atoms with Gasteiger partial charge in [0.05, 0.1) is 13.2 Å². The fourth-order valence-corrected chi connectivity index (χ4v) is 3.39. The summed E-state index contributed by atoms with van der Waals surface area (Å²) < 4.78 is 5.87. The second-order valence-electron chi connectivity index (χ2n) is 6.32. The third-order valence-corrected chi connectivity index (χ3v) is 4.62. The molecule has 3 rings (SSSR count). The minimum absolute atomic E-state index is 0.153. The molecule has 2 amide bonds. The number of carbonyl (C=O) groups is 2. The number of hydrogen-bond acceptors (Lipinski definition) is 4. The number of aromatic nitrogens is 1. The van der Waals surface area contributed by atoms with Crippen LogP contribution in [0.3, 0.4) is 0 Å². The lowest BCUT2D eigenvalue weighted by Gasteiger charge is -2.32. The summed E-state index contributed by atoms with van der Waals surface area (Å²) in [5.74, 6) is 0.118. The quantitative estimate of drug-likeness (QED) is 0.759. The van der Waals surface area contributed by atoms with Gasteiger partial charge in [0.1, 0.15) is 11.9 Å². The number of pyridine rings is 1. The highest BCUT2D eigenvalue weighted by molar-refractivity contribution is 6.31. The van der Waals surface area contributed by atoms with Crippen LogP contribution in [0, 0.1) is 0 Å². The average Bonchev–Trinajstić information content (AvgIpc) is 2.67. The first kappa shape index (κ1) is 20.3. The number of benzene rings is 1. The van der Waals surface area contributed by atoms with Gasteiger partial charge in [-0.05, 0) is 47.0 Å². The third kappa shape index (κ3) is 5.10. The number of amides is 2. The van der Waals surface area contributed by atoms with E-state index in [1.165, 1.54) is 18.5 Å². The second kappa shape index (κ2) is 9.19. The number of carbonyl (C=O) groups excluding carboxylic acids is 2. The van der Waals surface area contributed by atoms with Crippen molar-refractivity contribution in [2.45, 2.75) is 13.0 Å². The van der Waals surface area contributed by atoms with Gasteiger partial charge in [-0.3, -0.25) is 9.59 Å². The molecule has 1 fully saturated rings. The Kier molecular flexibility index (Phi) is 6.67. The van der Waals surface area contributed by atoms with Crippen molar-refractivity contribution in [1.29, 1.82) is 0 Å². The molecule has 8 heteroatoms. The van der Waals surface area contributed by atoms with E-state index in [1.807, 2.05) is 24.3 Å². The van der Waals surface area contributed by atoms with Gasteiger partial charge in [0.25, 0.3) is 0 Å². The van der Waals surface area contributed by atoms with Crippen LogP contribution >= 0.6 is 23.2 Å². The van der Waals surface area contributed by atoms with E-state index in [2.05, 4.69) is 10.3 Å². The Morgan fingerprint density at radius 1 is 1.29 bits per heavy atom. The van der Waals surface area contributed by atoms with Crippen LogP contribution < -0.4 is 5.32 Å². The van der Waals surface area contributed by atoms with E-state index in [1.54, 1.807) is 17.2 Å². The molecule has 1 saturated heterocycles. The Bertz CT molecular complexity index is 917. The van der Waals surface area contributed by atoms with Crippen LogP contribution in [-0.2, 0) is 14.3 Å². The number of anilines is 1. The zero-order valence-electron chi connectivity index (χ0n) is 15.2. The Labute approximate surface area is 173 Å². The van der Waals surface area contributed by atoms with E-state index < -0.39 is 0 Å². The molecule has 28 heavy (non-hydrogen) atoms. The number of nitrogens with zero attached hydrogens (tertiary/aromatic N) is 2. The molecule has 2 aromatic rings. The molecule has 146 valence electrons. The smallest absolute Gasteiger partial charge is 0.247 e. The summed E-state index contributed by atoms with van der Waals surface area (Å²) in [6.07, 6.45) is 2.65. The molecule has 1 aromatic carbocycles. The summed E-state index contributed by atoms with van der Waals surface area (Å²) in [5.41, 5.74) is 3.80. The fraction of sp³-hybridized carbons (Fsp3) is 0.250. The number of nitrogens with one attached hydrogen (secondary N) is 1. The van der Waals surface area contributed by atoms with Crippen LogP contribution in [0.2, 0.25) is 5.02 Å². The summed E-state index contributed by atoms with van der Waals surface area (Å²) in [7, 11) is 0. The number of hydrogen-bond donors (Lipinski definition) is 1. The average molecular weight is 420 g/mol. The zero-order chi connectivity index (χ0) is 20.1. The Morgan fingerprint density at radius 3 is 2.86 bits per heavy atom. The van der Waals surface area contributed by atoms with E-state index in [9.17, 15) is 9.59 Å². The SMILES string of the molecule is CC(=O)Nc1cc(-c2cc(Cl)cc(C3CN(C(=O)C=CCl)CCO3)c2)ccn1. The topological polar surface area (TPSA) is 71.5 Å². The van der Waals surface area contributed by atoms with Crippen molar-refractivity contribution in [2.24, 2.45) is 0 Å². The lowest BCUT2D eigenvalue weighted by molar-refractivity contribution is -0.133. The van der Waals surface area contributed by atoms with Crippen molar-refractivity contribution < 1.29 is 14.3 Å². The number of ether oxygens (including phenoxy) is 1. The van der Waals surface area contributed by atoms with Crippen molar-refractivity contribution in [3.8, 4) is 11.1 Å². The molecule has 0 bridgehead atoms. The summed E-state index contributed by atoms with van der Waals surface area (Å²) in [4.78, 5) is 29.2. The Balaban J connectivity index is 1.87. The monoisotopic (exact) mass is 419 g/mol. The molecule has 0 saturated carbocycles. The van der Waals surface area contributed by atoms with E-state index in [0.29, 0.717) is 30.5 Å². The van der Waals surface area contributed by atoms with E-state index in [-0.39, 0.29) is 17.9 Å². The first-order valence-electron chi connectivity index (χ1n) is 8.68. The largest absolute Gasteiger partial charge is 0.370 e. The third-order valence-electron chi connectivity index (χ3n) is 4.27. The van der Waals surface area contributed by atoms with Crippen molar-refractivity contribution in [1.82, 2.24) is 9.88 Å². The standard InChI is InChI=1S/C20H19Cl2N3O3/c1-13(26)24-19-11-14(3-5-23-19)15-8-16(10-17(22)9-15)18-12-25(6-7-28-18)20(27)2-4-21/h2-5,8-11,18H,6-7,12H2,1H3,(H,23,24,26). The highest BCUT2D eigenvalue weighted by Crippen LogP contribution is 2.31. The molecule has 1 N–H and O–H groups in total. The normalized spacial score (nSPS) is 17.0. The molecule has 1 aliphatic rings. The van der Waals surface area contributed by atoms with Crippen molar-refractivity contribution in [3.05, 3.63) is 58.7 Å². The molecule has 0 radical (unpaired) electrons. The highest BCUT2D eigenvalue weighted by Gasteiger charge is 2.25. The van der Waals surface area contributed by atoms with Gasteiger partial charge in [-0.15, -0.1) is 0 Å². The zero-order valence-corrected chi connectivity index (χ0v) is 16.7. The molecular formula is C20H19Cl2N3O3. The second-order valence-corrected chi connectivity index (χ2v) is 7.01. The van der Waals surface area contributed by atoms with Gasteiger partial charge in [0, 0.05) is 36.3 Å². The molecule has 0 spiro atoms. The van der Waals surface area contributed by atoms with Crippen LogP contribution in [0.15, 0.2) is 48.1 Å². The first-order chi connectivity index (χ1) is 13.5. The van der Waals surface area contributed by atoms with E-state index in [4.69, 9.17) is 27.9 Å². The maximum Gasteiger partial charge on any atom is 0.247 e. The van der Waals surface area contributed by atoms with Gasteiger partial charge in [-0.25, -0.2) is 4.98 Å². The van der Waals surface area contributed by atoms with Crippen molar-refractivity contribution in [3.63, 3.8) is 0 Å². The van der Waals surface area contributed by atoms with Crippen LogP contribution in [0.1, 0.15) is 18.6 Å². The molecule has 2 heterocycles. The predicted molar refractivity (Wildman–Crippen MR) is 109 cm³/mol. The molecule has 1 atom stereocenters. The van der Waals surface area contributed by atoms with Crippen LogP contribution in [0.25, 0.3) is 11.1 Å². The van der Waals surface area contributed by atoms with Gasteiger partial charge in [0.15, 0.2) is 0 Å². The van der Waals surface area contributed by atoms with Crippen LogP contribution in [-0.4, -0.2) is 41.4 Å².